The molecular weight excluding hydrogens is 335 g/mol. The number of benzene rings is 1. The molecule has 0 unspecified atom stereocenters. The largest absolute Gasteiger partial charge is 0.416 e. The van der Waals surface area contributed by atoms with Gasteiger partial charge in [-0.15, -0.1) is 0 Å². The van der Waals surface area contributed by atoms with Crippen molar-refractivity contribution in [1.82, 2.24) is 5.16 Å². The Morgan fingerprint density at radius 1 is 1.08 bits per heavy atom. The molecule has 1 heterocycles. The highest BCUT2D eigenvalue weighted by molar-refractivity contribution is 6.74. The molecule has 0 aliphatic carbocycles. The van der Waals surface area contributed by atoms with E-state index in [1.807, 2.05) is 0 Å². The minimum Gasteiger partial charge on any atom is -0.411 e. The van der Waals surface area contributed by atoms with Crippen LogP contribution in [0.25, 0.3) is 11.3 Å². The summed E-state index contributed by atoms with van der Waals surface area (Å²) in [5, 5.41) is 4.04. The fourth-order valence-corrected chi connectivity index (χ4v) is 2.75. The average Bonchev–Trinajstić information content (AvgIpc) is 2.92. The Hall–Kier alpha value is -1.60. The van der Waals surface area contributed by atoms with Crippen molar-refractivity contribution in [2.45, 2.75) is 51.7 Å². The van der Waals surface area contributed by atoms with Gasteiger partial charge in [0.25, 0.3) is 0 Å². The normalized spacial score (nSPS) is 13.3. The van der Waals surface area contributed by atoms with E-state index in [-0.39, 0.29) is 5.04 Å². The standard InChI is InChI=1S/C17H22F3NO2Si/c1-16(2,3)24(4,5)22-11-14-10-15(23-21-14)12-6-8-13(9-7-12)17(18,19)20/h6-10H,11H2,1-5H3. The molecule has 0 amide bonds. The van der Waals surface area contributed by atoms with E-state index in [0.29, 0.717) is 23.6 Å². The summed E-state index contributed by atoms with van der Waals surface area (Å²) in [5.74, 6) is 0.428. The minimum absolute atomic E-state index is 0.0903. The summed E-state index contributed by atoms with van der Waals surface area (Å²) in [4.78, 5) is 0. The van der Waals surface area contributed by atoms with Crippen molar-refractivity contribution in [1.29, 1.82) is 0 Å². The fourth-order valence-electron chi connectivity index (χ4n) is 1.81. The molecule has 0 N–H and O–H groups in total. The number of hydrogen-bond donors (Lipinski definition) is 0. The number of alkyl halides is 3. The molecule has 0 aliphatic heterocycles. The smallest absolute Gasteiger partial charge is 0.411 e. The molecule has 2 aromatic rings. The maximum Gasteiger partial charge on any atom is 0.416 e. The molecule has 0 saturated carbocycles. The van der Waals surface area contributed by atoms with E-state index in [2.05, 4.69) is 39.0 Å². The van der Waals surface area contributed by atoms with Gasteiger partial charge in [0, 0.05) is 11.6 Å². The molecule has 3 nitrogen and oxygen atoms in total. The third-order valence-corrected chi connectivity index (χ3v) is 8.92. The molecule has 0 aliphatic rings. The van der Waals surface area contributed by atoms with Crippen LogP contribution in [0.15, 0.2) is 34.9 Å². The lowest BCUT2D eigenvalue weighted by atomic mass is 10.1. The van der Waals surface area contributed by atoms with Crippen molar-refractivity contribution in [3.8, 4) is 11.3 Å². The van der Waals surface area contributed by atoms with Gasteiger partial charge in [-0.05, 0) is 30.3 Å². The highest BCUT2D eigenvalue weighted by atomic mass is 28.4. The Morgan fingerprint density at radius 2 is 1.67 bits per heavy atom. The molecule has 132 valence electrons. The number of nitrogens with zero attached hydrogens (tertiary/aromatic N) is 1. The van der Waals surface area contributed by atoms with E-state index in [4.69, 9.17) is 8.95 Å². The Morgan fingerprint density at radius 3 is 2.17 bits per heavy atom. The molecule has 0 spiro atoms. The van der Waals surface area contributed by atoms with Gasteiger partial charge in [0.2, 0.25) is 0 Å². The van der Waals surface area contributed by atoms with Gasteiger partial charge in [0.1, 0.15) is 5.69 Å². The van der Waals surface area contributed by atoms with Gasteiger partial charge in [-0.2, -0.15) is 13.2 Å². The van der Waals surface area contributed by atoms with Crippen LogP contribution in [0.5, 0.6) is 0 Å². The molecule has 0 radical (unpaired) electrons. The quantitative estimate of drug-likeness (QED) is 0.641. The SMILES string of the molecule is CC(C)(C)[Si](C)(C)OCc1cc(-c2ccc(C(F)(F)F)cc2)on1. The van der Waals surface area contributed by atoms with Gasteiger partial charge < -0.3 is 8.95 Å². The van der Waals surface area contributed by atoms with E-state index in [1.165, 1.54) is 12.1 Å². The maximum atomic E-state index is 12.6. The number of rotatable bonds is 4. The highest BCUT2D eigenvalue weighted by Crippen LogP contribution is 2.37. The van der Waals surface area contributed by atoms with E-state index < -0.39 is 20.1 Å². The van der Waals surface area contributed by atoms with Crippen LogP contribution < -0.4 is 0 Å². The van der Waals surface area contributed by atoms with Gasteiger partial charge in [-0.1, -0.05) is 38.1 Å². The van der Waals surface area contributed by atoms with Crippen LogP contribution in [0.2, 0.25) is 18.1 Å². The first-order valence-electron chi connectivity index (χ1n) is 7.67. The van der Waals surface area contributed by atoms with Crippen molar-refractivity contribution in [2.75, 3.05) is 0 Å². The summed E-state index contributed by atoms with van der Waals surface area (Å²) in [5.41, 5.74) is 0.496. The predicted molar refractivity (Wildman–Crippen MR) is 88.9 cm³/mol. The molecule has 2 rings (SSSR count). The lowest BCUT2D eigenvalue weighted by Crippen LogP contribution is -2.40. The van der Waals surface area contributed by atoms with E-state index >= 15 is 0 Å². The highest BCUT2D eigenvalue weighted by Gasteiger charge is 2.37. The van der Waals surface area contributed by atoms with Gasteiger partial charge >= 0.3 is 6.18 Å². The third kappa shape index (κ3) is 4.27. The fraction of sp³-hybridized carbons (Fsp3) is 0.471. The summed E-state index contributed by atoms with van der Waals surface area (Å²) in [7, 11) is -1.89. The Balaban J connectivity index is 2.08. The first kappa shape index (κ1) is 18.7. The van der Waals surface area contributed by atoms with Crippen LogP contribution in [-0.4, -0.2) is 13.5 Å². The summed E-state index contributed by atoms with van der Waals surface area (Å²) in [6.07, 6.45) is -4.35. The molecule has 0 atom stereocenters. The molecule has 1 aromatic carbocycles. The Kier molecular flexibility index (Phi) is 4.97. The molecule has 0 bridgehead atoms. The zero-order valence-electron chi connectivity index (χ0n) is 14.5. The second-order valence-electron chi connectivity index (χ2n) is 7.31. The van der Waals surface area contributed by atoms with Crippen molar-refractivity contribution >= 4 is 8.32 Å². The lowest BCUT2D eigenvalue weighted by Gasteiger charge is -2.35. The summed E-state index contributed by atoms with van der Waals surface area (Å²) < 4.78 is 49.1. The van der Waals surface area contributed by atoms with Crippen LogP contribution in [0, 0.1) is 0 Å². The molecule has 24 heavy (non-hydrogen) atoms. The average molecular weight is 357 g/mol. The van der Waals surface area contributed by atoms with Crippen molar-refractivity contribution < 1.29 is 22.1 Å². The number of hydrogen-bond acceptors (Lipinski definition) is 3. The second-order valence-corrected chi connectivity index (χ2v) is 12.1. The Labute approximate surface area is 140 Å². The lowest BCUT2D eigenvalue weighted by molar-refractivity contribution is -0.137. The third-order valence-electron chi connectivity index (χ3n) is 4.44. The first-order valence-corrected chi connectivity index (χ1v) is 10.6. The van der Waals surface area contributed by atoms with E-state index in [1.54, 1.807) is 6.07 Å². The Bertz CT molecular complexity index is 685. The van der Waals surface area contributed by atoms with E-state index in [9.17, 15) is 13.2 Å². The van der Waals surface area contributed by atoms with Crippen molar-refractivity contribution in [3.05, 3.63) is 41.6 Å². The predicted octanol–water partition coefficient (Wildman–Crippen LogP) is 5.88. The van der Waals surface area contributed by atoms with Crippen LogP contribution in [0.4, 0.5) is 13.2 Å². The van der Waals surface area contributed by atoms with Crippen molar-refractivity contribution in [3.63, 3.8) is 0 Å². The molecular formula is C17H22F3NO2Si. The van der Waals surface area contributed by atoms with Gasteiger partial charge in [0.05, 0.1) is 12.2 Å². The minimum atomic E-state index is -4.35. The first-order chi connectivity index (χ1) is 10.9. The van der Waals surface area contributed by atoms with Gasteiger partial charge in [0.15, 0.2) is 14.1 Å². The summed E-state index contributed by atoms with van der Waals surface area (Å²) in [6, 6.07) is 6.52. The second kappa shape index (κ2) is 6.37. The number of aromatic nitrogens is 1. The summed E-state index contributed by atoms with van der Waals surface area (Å²) >= 11 is 0. The monoisotopic (exact) mass is 357 g/mol. The molecule has 7 heteroatoms. The number of halogens is 3. The summed E-state index contributed by atoms with van der Waals surface area (Å²) in [6.45, 7) is 11.1. The van der Waals surface area contributed by atoms with Crippen LogP contribution in [0.3, 0.4) is 0 Å². The van der Waals surface area contributed by atoms with Gasteiger partial charge in [-0.3, -0.25) is 0 Å². The van der Waals surface area contributed by atoms with Crippen LogP contribution >= 0.6 is 0 Å². The van der Waals surface area contributed by atoms with Crippen LogP contribution in [-0.2, 0) is 17.2 Å². The zero-order valence-corrected chi connectivity index (χ0v) is 15.5. The van der Waals surface area contributed by atoms with Gasteiger partial charge in [-0.25, -0.2) is 0 Å². The molecule has 0 fully saturated rings. The molecule has 1 aromatic heterocycles. The zero-order chi connectivity index (χ0) is 18.2. The van der Waals surface area contributed by atoms with Crippen molar-refractivity contribution in [2.24, 2.45) is 0 Å². The van der Waals surface area contributed by atoms with E-state index in [0.717, 1.165) is 12.1 Å². The van der Waals surface area contributed by atoms with Crippen LogP contribution in [0.1, 0.15) is 32.0 Å². The topological polar surface area (TPSA) is 35.3 Å². The molecule has 0 saturated heterocycles. The maximum absolute atomic E-state index is 12.6.